The zero-order valence-electron chi connectivity index (χ0n) is 13.8. The predicted octanol–water partition coefficient (Wildman–Crippen LogP) is 5.02. The number of carbonyl (C=O) groups excluding carboxylic acids is 1. The molecule has 0 radical (unpaired) electrons. The van der Waals surface area contributed by atoms with Gasteiger partial charge in [0.25, 0.3) is 0 Å². The summed E-state index contributed by atoms with van der Waals surface area (Å²) in [6, 6.07) is 8.13. The molecular weight excluding hydrogens is 264 g/mol. The Kier molecular flexibility index (Phi) is 6.53. The molecule has 4 heteroatoms. The number of anilines is 2. The molecule has 4 nitrogen and oxygen atoms in total. The van der Waals surface area contributed by atoms with E-state index in [2.05, 4.69) is 24.5 Å². The minimum absolute atomic E-state index is 0.414. The van der Waals surface area contributed by atoms with Crippen LogP contribution in [0.5, 0.6) is 0 Å². The molecule has 0 bridgehead atoms. The Morgan fingerprint density at radius 3 is 2.33 bits per heavy atom. The number of hydrogen-bond donors (Lipinski definition) is 2. The van der Waals surface area contributed by atoms with Crippen molar-refractivity contribution in [2.75, 3.05) is 10.6 Å². The van der Waals surface area contributed by atoms with Crippen LogP contribution in [-0.4, -0.2) is 17.7 Å². The van der Waals surface area contributed by atoms with Crippen molar-refractivity contribution in [3.8, 4) is 0 Å². The van der Waals surface area contributed by atoms with Crippen LogP contribution in [0.15, 0.2) is 24.3 Å². The van der Waals surface area contributed by atoms with Gasteiger partial charge in [-0.3, -0.25) is 5.32 Å². The summed E-state index contributed by atoms with van der Waals surface area (Å²) in [4.78, 5) is 11.9. The van der Waals surface area contributed by atoms with E-state index in [9.17, 15) is 4.79 Å². The van der Waals surface area contributed by atoms with Crippen LogP contribution < -0.4 is 10.6 Å². The molecule has 21 heavy (non-hydrogen) atoms. The fraction of sp³-hybridized carbons (Fsp3) is 0.588. The third-order valence-electron chi connectivity index (χ3n) is 3.05. The van der Waals surface area contributed by atoms with Crippen LogP contribution >= 0.6 is 0 Å². The lowest BCUT2D eigenvalue weighted by Crippen LogP contribution is -2.28. The molecule has 1 amide bonds. The van der Waals surface area contributed by atoms with E-state index in [1.165, 1.54) is 0 Å². The molecule has 0 heterocycles. The number of rotatable bonds is 6. The highest BCUT2D eigenvalue weighted by molar-refractivity contribution is 5.89. The summed E-state index contributed by atoms with van der Waals surface area (Å²) in [7, 11) is 0. The second kappa shape index (κ2) is 7.91. The van der Waals surface area contributed by atoms with Crippen molar-refractivity contribution in [3.05, 3.63) is 24.3 Å². The number of ether oxygens (including phenoxy) is 1. The number of para-hydroxylation sites is 2. The van der Waals surface area contributed by atoms with E-state index in [1.54, 1.807) is 0 Å². The first-order valence-electron chi connectivity index (χ1n) is 7.71. The number of amides is 1. The van der Waals surface area contributed by atoms with Crippen LogP contribution in [0, 0.1) is 0 Å². The standard InChI is InChI=1S/C17H28N2O2/c1-6-10-13(7-2)18-14-11-8-9-12-15(14)19-16(20)21-17(3,4)5/h8-9,11-13,18H,6-7,10H2,1-5H3,(H,19,20). The van der Waals surface area contributed by atoms with Crippen LogP contribution in [0.3, 0.4) is 0 Å². The largest absolute Gasteiger partial charge is 0.444 e. The molecular formula is C17H28N2O2. The fourth-order valence-electron chi connectivity index (χ4n) is 2.08. The van der Waals surface area contributed by atoms with Crippen LogP contribution in [0.2, 0.25) is 0 Å². The van der Waals surface area contributed by atoms with Gasteiger partial charge in [0.1, 0.15) is 5.60 Å². The highest BCUT2D eigenvalue weighted by Crippen LogP contribution is 2.24. The first-order chi connectivity index (χ1) is 9.85. The Labute approximate surface area is 128 Å². The SMILES string of the molecule is CCCC(CC)Nc1ccccc1NC(=O)OC(C)(C)C. The zero-order chi connectivity index (χ0) is 15.9. The minimum atomic E-state index is -0.499. The first kappa shape index (κ1) is 17.3. The zero-order valence-corrected chi connectivity index (χ0v) is 13.8. The molecule has 0 fully saturated rings. The van der Waals surface area contributed by atoms with Gasteiger partial charge in [-0.2, -0.15) is 0 Å². The molecule has 1 aromatic rings. The molecule has 1 atom stereocenters. The number of nitrogens with one attached hydrogen (secondary N) is 2. The normalized spacial score (nSPS) is 12.6. The number of benzene rings is 1. The van der Waals surface area contributed by atoms with Gasteiger partial charge in [-0.1, -0.05) is 32.4 Å². The molecule has 1 rings (SSSR count). The quantitative estimate of drug-likeness (QED) is 0.773. The average molecular weight is 292 g/mol. The van der Waals surface area contributed by atoms with Crippen LogP contribution in [0.1, 0.15) is 53.9 Å². The lowest BCUT2D eigenvalue weighted by molar-refractivity contribution is 0.0636. The minimum Gasteiger partial charge on any atom is -0.444 e. The third-order valence-corrected chi connectivity index (χ3v) is 3.05. The maximum absolute atomic E-state index is 11.9. The molecule has 1 aromatic carbocycles. The Hall–Kier alpha value is -1.71. The van der Waals surface area contributed by atoms with E-state index >= 15 is 0 Å². The van der Waals surface area contributed by atoms with Gasteiger partial charge < -0.3 is 10.1 Å². The second-order valence-electron chi connectivity index (χ2n) is 6.21. The fourth-order valence-corrected chi connectivity index (χ4v) is 2.08. The van der Waals surface area contributed by atoms with Crippen molar-refractivity contribution >= 4 is 17.5 Å². The number of hydrogen-bond acceptors (Lipinski definition) is 3. The van der Waals surface area contributed by atoms with Crippen molar-refractivity contribution in [1.29, 1.82) is 0 Å². The van der Waals surface area contributed by atoms with Gasteiger partial charge >= 0.3 is 6.09 Å². The molecule has 0 saturated carbocycles. The summed E-state index contributed by atoms with van der Waals surface area (Å²) in [5.41, 5.74) is 1.19. The molecule has 118 valence electrons. The van der Waals surface area contributed by atoms with Gasteiger partial charge in [-0.15, -0.1) is 0 Å². The van der Waals surface area contributed by atoms with E-state index in [-0.39, 0.29) is 0 Å². The van der Waals surface area contributed by atoms with E-state index in [0.29, 0.717) is 6.04 Å². The summed E-state index contributed by atoms with van der Waals surface area (Å²) in [6.07, 6.45) is 2.86. The lowest BCUT2D eigenvalue weighted by Gasteiger charge is -2.22. The van der Waals surface area contributed by atoms with Gasteiger partial charge in [0.05, 0.1) is 11.4 Å². The van der Waals surface area contributed by atoms with Crippen LogP contribution in [-0.2, 0) is 4.74 Å². The first-order valence-corrected chi connectivity index (χ1v) is 7.71. The maximum atomic E-state index is 11.9. The van der Waals surface area contributed by atoms with Gasteiger partial charge in [0, 0.05) is 6.04 Å². The Bertz CT molecular complexity index is 452. The average Bonchev–Trinajstić information content (AvgIpc) is 2.38. The predicted molar refractivity (Wildman–Crippen MR) is 88.9 cm³/mol. The molecule has 0 aliphatic heterocycles. The summed E-state index contributed by atoms with van der Waals surface area (Å²) in [6.45, 7) is 9.90. The van der Waals surface area contributed by atoms with Gasteiger partial charge in [-0.05, 0) is 45.7 Å². The highest BCUT2D eigenvalue weighted by atomic mass is 16.6. The summed E-state index contributed by atoms with van der Waals surface area (Å²) in [5, 5.41) is 6.31. The Morgan fingerprint density at radius 1 is 1.19 bits per heavy atom. The summed E-state index contributed by atoms with van der Waals surface area (Å²) >= 11 is 0. The third kappa shape index (κ3) is 6.52. The summed E-state index contributed by atoms with van der Waals surface area (Å²) in [5.74, 6) is 0. The monoisotopic (exact) mass is 292 g/mol. The summed E-state index contributed by atoms with van der Waals surface area (Å²) < 4.78 is 5.30. The van der Waals surface area contributed by atoms with Crippen LogP contribution in [0.25, 0.3) is 0 Å². The van der Waals surface area contributed by atoms with E-state index in [0.717, 1.165) is 30.6 Å². The van der Waals surface area contributed by atoms with Gasteiger partial charge in [0.2, 0.25) is 0 Å². The van der Waals surface area contributed by atoms with Crippen molar-refractivity contribution in [2.45, 2.75) is 65.5 Å². The van der Waals surface area contributed by atoms with E-state index in [1.807, 2.05) is 45.0 Å². The Morgan fingerprint density at radius 2 is 1.81 bits per heavy atom. The molecule has 2 N–H and O–H groups in total. The second-order valence-corrected chi connectivity index (χ2v) is 6.21. The van der Waals surface area contributed by atoms with Crippen molar-refractivity contribution in [3.63, 3.8) is 0 Å². The van der Waals surface area contributed by atoms with E-state index < -0.39 is 11.7 Å². The molecule has 0 aliphatic carbocycles. The van der Waals surface area contributed by atoms with E-state index in [4.69, 9.17) is 4.74 Å². The smallest absolute Gasteiger partial charge is 0.412 e. The molecule has 0 aliphatic rings. The maximum Gasteiger partial charge on any atom is 0.412 e. The van der Waals surface area contributed by atoms with Gasteiger partial charge in [0.15, 0.2) is 0 Å². The molecule has 0 saturated heterocycles. The lowest BCUT2D eigenvalue weighted by atomic mass is 10.1. The molecule has 0 aromatic heterocycles. The molecule has 0 spiro atoms. The number of carbonyl (C=O) groups is 1. The van der Waals surface area contributed by atoms with Gasteiger partial charge in [-0.25, -0.2) is 4.79 Å². The van der Waals surface area contributed by atoms with Crippen LogP contribution in [0.4, 0.5) is 16.2 Å². The highest BCUT2D eigenvalue weighted by Gasteiger charge is 2.17. The van der Waals surface area contributed by atoms with Crippen molar-refractivity contribution in [1.82, 2.24) is 0 Å². The van der Waals surface area contributed by atoms with Crippen molar-refractivity contribution < 1.29 is 9.53 Å². The molecule has 1 unspecified atom stereocenters. The Balaban J connectivity index is 2.77. The topological polar surface area (TPSA) is 50.4 Å². The van der Waals surface area contributed by atoms with Crippen molar-refractivity contribution in [2.24, 2.45) is 0 Å².